The molecule has 1 N–H and O–H groups in total. The number of nitrogens with one attached hydrogen (secondary N) is 1. The molecular formula is C18H17N5O2. The van der Waals surface area contributed by atoms with Crippen molar-refractivity contribution < 1.29 is 9.47 Å². The highest BCUT2D eigenvalue weighted by molar-refractivity contribution is 6.13. The number of hydrogen-bond donors (Lipinski definition) is 1. The lowest BCUT2D eigenvalue weighted by atomic mass is 10.0. The van der Waals surface area contributed by atoms with E-state index in [0.29, 0.717) is 11.8 Å². The summed E-state index contributed by atoms with van der Waals surface area (Å²) < 4.78 is 10.3. The fourth-order valence-corrected chi connectivity index (χ4v) is 2.17. The third-order valence-corrected chi connectivity index (χ3v) is 3.37. The minimum Gasteiger partial charge on any atom is -0.481 e. The second kappa shape index (κ2) is 7.87. The number of hydrazone groups is 1. The molecule has 0 atom stereocenters. The Morgan fingerprint density at radius 2 is 1.48 bits per heavy atom. The number of methoxy groups -OCH3 is 2. The average Bonchev–Trinajstić information content (AvgIpc) is 2.69. The molecule has 0 unspecified atom stereocenters. The van der Waals surface area contributed by atoms with Crippen LogP contribution in [0.5, 0.6) is 11.8 Å². The number of hydrogen-bond acceptors (Lipinski definition) is 7. The zero-order valence-corrected chi connectivity index (χ0v) is 13.9. The predicted octanol–water partition coefficient (Wildman–Crippen LogP) is 2.75. The molecule has 0 saturated heterocycles. The highest BCUT2D eigenvalue weighted by Crippen LogP contribution is 2.18. The van der Waals surface area contributed by atoms with Gasteiger partial charge in [-0.3, -0.25) is 4.98 Å². The van der Waals surface area contributed by atoms with Gasteiger partial charge < -0.3 is 9.47 Å². The topological polar surface area (TPSA) is 81.5 Å². The Labute approximate surface area is 145 Å². The monoisotopic (exact) mass is 335 g/mol. The fourth-order valence-electron chi connectivity index (χ4n) is 2.17. The maximum atomic E-state index is 5.15. The highest BCUT2D eigenvalue weighted by Gasteiger charge is 2.09. The molecule has 3 rings (SSSR count). The van der Waals surface area contributed by atoms with E-state index in [0.717, 1.165) is 16.8 Å². The number of ether oxygens (including phenoxy) is 2. The zero-order valence-electron chi connectivity index (χ0n) is 13.9. The van der Waals surface area contributed by atoms with Gasteiger partial charge in [0.05, 0.1) is 26.0 Å². The van der Waals surface area contributed by atoms with Crippen molar-refractivity contribution in [2.45, 2.75) is 0 Å². The number of rotatable bonds is 6. The largest absolute Gasteiger partial charge is 0.481 e. The molecule has 3 aromatic rings. The maximum Gasteiger partial charge on any atom is 0.250 e. The van der Waals surface area contributed by atoms with Crippen LogP contribution in [0.4, 0.5) is 5.95 Å². The van der Waals surface area contributed by atoms with Gasteiger partial charge in [-0.2, -0.15) is 15.1 Å². The molecule has 2 heterocycles. The van der Waals surface area contributed by atoms with Crippen LogP contribution in [-0.2, 0) is 0 Å². The van der Waals surface area contributed by atoms with Crippen molar-refractivity contribution in [1.29, 1.82) is 0 Å². The average molecular weight is 335 g/mol. The molecule has 0 spiro atoms. The van der Waals surface area contributed by atoms with Crippen molar-refractivity contribution >= 4 is 11.7 Å². The molecule has 1 aromatic carbocycles. The fraction of sp³-hybridized carbons (Fsp3) is 0.111. The van der Waals surface area contributed by atoms with E-state index in [4.69, 9.17) is 9.47 Å². The summed E-state index contributed by atoms with van der Waals surface area (Å²) in [5, 5.41) is 4.49. The van der Waals surface area contributed by atoms with Gasteiger partial charge in [-0.05, 0) is 12.1 Å². The van der Waals surface area contributed by atoms with Gasteiger partial charge in [0.25, 0.3) is 0 Å². The first-order valence-corrected chi connectivity index (χ1v) is 7.56. The zero-order chi connectivity index (χ0) is 17.5. The smallest absolute Gasteiger partial charge is 0.250 e. The van der Waals surface area contributed by atoms with Crippen molar-refractivity contribution in [2.75, 3.05) is 19.6 Å². The minimum absolute atomic E-state index is 0.277. The van der Waals surface area contributed by atoms with Gasteiger partial charge in [-0.25, -0.2) is 5.43 Å². The quantitative estimate of drug-likeness (QED) is 0.551. The van der Waals surface area contributed by atoms with Gasteiger partial charge in [0.1, 0.15) is 0 Å². The lowest BCUT2D eigenvalue weighted by Gasteiger charge is -2.09. The normalized spacial score (nSPS) is 11.0. The third kappa shape index (κ3) is 4.08. The predicted molar refractivity (Wildman–Crippen MR) is 95.1 cm³/mol. The molecule has 0 bridgehead atoms. The summed E-state index contributed by atoms with van der Waals surface area (Å²) in [6.45, 7) is 0. The van der Waals surface area contributed by atoms with Crippen LogP contribution >= 0.6 is 0 Å². The summed E-state index contributed by atoms with van der Waals surface area (Å²) in [4.78, 5) is 12.5. The first-order chi connectivity index (χ1) is 12.3. The van der Waals surface area contributed by atoms with Crippen LogP contribution in [0.1, 0.15) is 11.1 Å². The summed E-state index contributed by atoms with van der Waals surface area (Å²) in [6.07, 6.45) is 3.44. The summed E-state index contributed by atoms with van der Waals surface area (Å²) >= 11 is 0. The Bertz CT molecular complexity index is 790. The van der Waals surface area contributed by atoms with Crippen molar-refractivity contribution in [3.05, 3.63) is 72.1 Å². The Morgan fingerprint density at radius 1 is 0.880 bits per heavy atom. The maximum absolute atomic E-state index is 5.15. The number of nitrogens with zero attached hydrogens (tertiary/aromatic N) is 4. The molecule has 0 aliphatic carbocycles. The van der Waals surface area contributed by atoms with Gasteiger partial charge in [0, 0.05) is 23.5 Å². The number of benzene rings is 1. The molecule has 7 heteroatoms. The summed E-state index contributed by atoms with van der Waals surface area (Å²) in [7, 11) is 3.06. The number of aromatic nitrogens is 3. The van der Waals surface area contributed by atoms with Crippen LogP contribution in [0.2, 0.25) is 0 Å². The third-order valence-electron chi connectivity index (χ3n) is 3.37. The van der Waals surface area contributed by atoms with Crippen LogP contribution in [0.15, 0.2) is 66.0 Å². The van der Waals surface area contributed by atoms with E-state index in [1.807, 2.05) is 42.5 Å². The molecule has 0 amide bonds. The van der Waals surface area contributed by atoms with Crippen molar-refractivity contribution in [2.24, 2.45) is 5.10 Å². The first kappa shape index (κ1) is 16.4. The van der Waals surface area contributed by atoms with Gasteiger partial charge in [0.2, 0.25) is 17.7 Å². The van der Waals surface area contributed by atoms with Crippen LogP contribution in [0, 0.1) is 0 Å². The minimum atomic E-state index is 0.277. The Morgan fingerprint density at radius 3 is 2.08 bits per heavy atom. The van der Waals surface area contributed by atoms with Gasteiger partial charge >= 0.3 is 0 Å². The Balaban J connectivity index is 1.97. The summed E-state index contributed by atoms with van der Waals surface area (Å²) in [6, 6.07) is 15.2. The molecule has 126 valence electrons. The van der Waals surface area contributed by atoms with Gasteiger partial charge in [-0.1, -0.05) is 30.3 Å². The Hall–Kier alpha value is -3.48. The number of pyridine rings is 1. The van der Waals surface area contributed by atoms with Gasteiger partial charge in [-0.15, -0.1) is 0 Å². The molecule has 0 saturated carbocycles. The van der Waals surface area contributed by atoms with E-state index < -0.39 is 0 Å². The standard InChI is InChI=1S/C18H17N5O2/c1-24-15-12-16(25-2)21-18(20-15)23-22-17(13-6-4-3-5-7-13)14-8-10-19-11-9-14/h3-12H,1-2H3,(H,20,21,23). The molecule has 25 heavy (non-hydrogen) atoms. The summed E-state index contributed by atoms with van der Waals surface area (Å²) in [5.41, 5.74) is 5.50. The van der Waals surface area contributed by atoms with E-state index >= 15 is 0 Å². The van der Waals surface area contributed by atoms with Crippen LogP contribution in [0.3, 0.4) is 0 Å². The second-order valence-electron chi connectivity index (χ2n) is 4.95. The van der Waals surface area contributed by atoms with E-state index in [9.17, 15) is 0 Å². The molecule has 7 nitrogen and oxygen atoms in total. The SMILES string of the molecule is COc1cc(OC)nc(NN=C(c2ccccc2)c2ccncc2)n1. The van der Waals surface area contributed by atoms with E-state index in [2.05, 4.69) is 25.5 Å². The second-order valence-corrected chi connectivity index (χ2v) is 4.95. The molecule has 0 aliphatic heterocycles. The van der Waals surface area contributed by atoms with Crippen LogP contribution in [-0.4, -0.2) is 34.9 Å². The van der Waals surface area contributed by atoms with E-state index in [-0.39, 0.29) is 5.95 Å². The first-order valence-electron chi connectivity index (χ1n) is 7.56. The van der Waals surface area contributed by atoms with Crippen LogP contribution in [0.25, 0.3) is 0 Å². The summed E-state index contributed by atoms with van der Waals surface area (Å²) in [5.74, 6) is 1.04. The lowest BCUT2D eigenvalue weighted by Crippen LogP contribution is -2.08. The van der Waals surface area contributed by atoms with Crippen molar-refractivity contribution in [3.63, 3.8) is 0 Å². The molecule has 0 radical (unpaired) electrons. The van der Waals surface area contributed by atoms with E-state index in [1.165, 1.54) is 14.2 Å². The molecule has 2 aromatic heterocycles. The molecule has 0 fully saturated rings. The lowest BCUT2D eigenvalue weighted by molar-refractivity contribution is 0.373. The molecular weight excluding hydrogens is 318 g/mol. The highest BCUT2D eigenvalue weighted by atomic mass is 16.5. The number of anilines is 1. The van der Waals surface area contributed by atoms with E-state index in [1.54, 1.807) is 18.5 Å². The van der Waals surface area contributed by atoms with Crippen molar-refractivity contribution in [1.82, 2.24) is 15.0 Å². The van der Waals surface area contributed by atoms with Crippen molar-refractivity contribution in [3.8, 4) is 11.8 Å². The Kier molecular flexibility index (Phi) is 5.16. The molecule has 0 aliphatic rings. The van der Waals surface area contributed by atoms with Crippen LogP contribution < -0.4 is 14.9 Å². The van der Waals surface area contributed by atoms with Gasteiger partial charge in [0.15, 0.2) is 0 Å².